The molecule has 26 heavy (non-hydrogen) atoms. The normalized spacial score (nSPS) is 18.3. The van der Waals surface area contributed by atoms with Gasteiger partial charge in [0.2, 0.25) is 5.91 Å². The zero-order valence-electron chi connectivity index (χ0n) is 16.7. The molecule has 1 unspecified atom stereocenters. The Morgan fingerprint density at radius 1 is 1.31 bits per heavy atom. The summed E-state index contributed by atoms with van der Waals surface area (Å²) < 4.78 is 0. The van der Waals surface area contributed by atoms with Crippen LogP contribution in [-0.4, -0.2) is 36.0 Å². The SMILES string of the molecule is Cc1ccc(CCC2CCN(CC(=O)NC(C)(C#N)C(C)C)CC2)cc1. The van der Waals surface area contributed by atoms with Crippen molar-refractivity contribution in [3.63, 3.8) is 0 Å². The lowest BCUT2D eigenvalue weighted by Gasteiger charge is -2.33. The maximum absolute atomic E-state index is 12.3. The van der Waals surface area contributed by atoms with E-state index in [0.29, 0.717) is 6.54 Å². The summed E-state index contributed by atoms with van der Waals surface area (Å²) in [6, 6.07) is 11.1. The van der Waals surface area contributed by atoms with Crippen LogP contribution in [0.2, 0.25) is 0 Å². The fraction of sp³-hybridized carbons (Fsp3) is 0.636. The maximum atomic E-state index is 12.3. The van der Waals surface area contributed by atoms with Gasteiger partial charge in [-0.2, -0.15) is 5.26 Å². The Hall–Kier alpha value is -1.86. The molecule has 1 aromatic rings. The van der Waals surface area contributed by atoms with E-state index in [2.05, 4.69) is 47.5 Å². The van der Waals surface area contributed by atoms with E-state index in [1.165, 1.54) is 17.5 Å². The predicted molar refractivity (Wildman–Crippen MR) is 106 cm³/mol. The number of aryl methyl sites for hydroxylation is 2. The molecule has 142 valence electrons. The molecule has 0 aliphatic carbocycles. The van der Waals surface area contributed by atoms with Gasteiger partial charge in [-0.25, -0.2) is 0 Å². The maximum Gasteiger partial charge on any atom is 0.235 e. The average Bonchev–Trinajstić information content (AvgIpc) is 2.62. The molecule has 0 radical (unpaired) electrons. The van der Waals surface area contributed by atoms with Crippen LogP contribution < -0.4 is 5.32 Å². The topological polar surface area (TPSA) is 56.1 Å². The second-order valence-electron chi connectivity index (χ2n) is 8.26. The summed E-state index contributed by atoms with van der Waals surface area (Å²) >= 11 is 0. The summed E-state index contributed by atoms with van der Waals surface area (Å²) in [4.78, 5) is 14.5. The van der Waals surface area contributed by atoms with Crippen molar-refractivity contribution in [2.24, 2.45) is 11.8 Å². The number of carbonyl (C=O) groups excluding carboxylic acids is 1. The van der Waals surface area contributed by atoms with Crippen molar-refractivity contribution in [1.82, 2.24) is 10.2 Å². The van der Waals surface area contributed by atoms with Crippen molar-refractivity contribution in [3.05, 3.63) is 35.4 Å². The molecule has 1 atom stereocenters. The van der Waals surface area contributed by atoms with Gasteiger partial charge in [0.15, 0.2) is 0 Å². The number of hydrogen-bond acceptors (Lipinski definition) is 3. The van der Waals surface area contributed by atoms with Crippen molar-refractivity contribution in [1.29, 1.82) is 5.26 Å². The van der Waals surface area contributed by atoms with Crippen molar-refractivity contribution < 1.29 is 4.79 Å². The van der Waals surface area contributed by atoms with Gasteiger partial charge in [0.05, 0.1) is 12.6 Å². The fourth-order valence-corrected chi connectivity index (χ4v) is 3.39. The number of rotatable bonds is 7. The van der Waals surface area contributed by atoms with Gasteiger partial charge in [-0.1, -0.05) is 43.7 Å². The highest BCUT2D eigenvalue weighted by atomic mass is 16.2. The number of nitriles is 1. The molecule has 1 N–H and O–H groups in total. The lowest BCUT2D eigenvalue weighted by Crippen LogP contribution is -2.52. The summed E-state index contributed by atoms with van der Waals surface area (Å²) in [5.74, 6) is 0.792. The van der Waals surface area contributed by atoms with Crippen molar-refractivity contribution in [2.75, 3.05) is 19.6 Å². The van der Waals surface area contributed by atoms with Gasteiger partial charge in [-0.05, 0) is 70.0 Å². The smallest absolute Gasteiger partial charge is 0.235 e. The highest BCUT2D eigenvalue weighted by molar-refractivity contribution is 5.79. The molecule has 1 aliphatic heterocycles. The Kier molecular flexibility index (Phi) is 7.23. The first-order valence-electron chi connectivity index (χ1n) is 9.82. The monoisotopic (exact) mass is 355 g/mol. The van der Waals surface area contributed by atoms with Crippen LogP contribution in [-0.2, 0) is 11.2 Å². The van der Waals surface area contributed by atoms with Gasteiger partial charge < -0.3 is 5.32 Å². The third kappa shape index (κ3) is 5.85. The highest BCUT2D eigenvalue weighted by Gasteiger charge is 2.31. The molecule has 0 aromatic heterocycles. The molecular weight excluding hydrogens is 322 g/mol. The van der Waals surface area contributed by atoms with E-state index in [0.717, 1.165) is 38.3 Å². The summed E-state index contributed by atoms with van der Waals surface area (Å²) in [5.41, 5.74) is 1.94. The molecule has 1 heterocycles. The zero-order valence-corrected chi connectivity index (χ0v) is 16.7. The standard InChI is InChI=1S/C22H33N3O/c1-17(2)22(4,16-23)24-21(26)15-25-13-11-20(12-14-25)10-9-19-7-5-18(3)6-8-19/h5-8,17,20H,9-15H2,1-4H3,(H,24,26). The lowest BCUT2D eigenvalue weighted by atomic mass is 9.89. The van der Waals surface area contributed by atoms with Gasteiger partial charge in [0, 0.05) is 0 Å². The molecule has 1 fully saturated rings. The quantitative estimate of drug-likeness (QED) is 0.811. The Morgan fingerprint density at radius 2 is 1.92 bits per heavy atom. The van der Waals surface area contributed by atoms with Crippen LogP contribution in [0.15, 0.2) is 24.3 Å². The first-order chi connectivity index (χ1) is 12.3. The third-order valence-corrected chi connectivity index (χ3v) is 5.82. The largest absolute Gasteiger partial charge is 0.337 e. The average molecular weight is 356 g/mol. The van der Waals surface area contributed by atoms with Gasteiger partial charge >= 0.3 is 0 Å². The number of piperidine rings is 1. The van der Waals surface area contributed by atoms with Crippen molar-refractivity contribution in [2.45, 2.75) is 58.9 Å². The van der Waals surface area contributed by atoms with Gasteiger partial charge in [-0.15, -0.1) is 0 Å². The molecule has 1 amide bonds. The van der Waals surface area contributed by atoms with Crippen LogP contribution in [0, 0.1) is 30.1 Å². The van der Waals surface area contributed by atoms with E-state index in [1.807, 2.05) is 13.8 Å². The van der Waals surface area contributed by atoms with Gasteiger partial charge in [0.25, 0.3) is 0 Å². The molecule has 4 nitrogen and oxygen atoms in total. The van der Waals surface area contributed by atoms with E-state index in [-0.39, 0.29) is 11.8 Å². The number of nitrogens with zero attached hydrogens (tertiary/aromatic N) is 2. The van der Waals surface area contributed by atoms with Gasteiger partial charge in [-0.3, -0.25) is 9.69 Å². The molecule has 0 bridgehead atoms. The highest BCUT2D eigenvalue weighted by Crippen LogP contribution is 2.22. The van der Waals surface area contributed by atoms with Crippen LogP contribution in [0.3, 0.4) is 0 Å². The first-order valence-corrected chi connectivity index (χ1v) is 9.82. The van der Waals surface area contributed by atoms with Gasteiger partial charge in [0.1, 0.15) is 5.54 Å². The number of likely N-dealkylation sites (tertiary alicyclic amines) is 1. The minimum absolute atomic E-state index is 0.0409. The van der Waals surface area contributed by atoms with E-state index >= 15 is 0 Å². The van der Waals surface area contributed by atoms with Crippen LogP contribution in [0.25, 0.3) is 0 Å². The minimum Gasteiger partial charge on any atom is -0.337 e. The summed E-state index contributed by atoms with van der Waals surface area (Å²) in [6.07, 6.45) is 4.67. The summed E-state index contributed by atoms with van der Waals surface area (Å²) in [5, 5.41) is 12.2. The van der Waals surface area contributed by atoms with Crippen LogP contribution in [0.5, 0.6) is 0 Å². The Bertz CT molecular complexity index is 624. The summed E-state index contributed by atoms with van der Waals surface area (Å²) in [6.45, 7) is 10.2. The minimum atomic E-state index is -0.788. The number of nitrogens with one attached hydrogen (secondary N) is 1. The Morgan fingerprint density at radius 3 is 2.46 bits per heavy atom. The lowest BCUT2D eigenvalue weighted by molar-refractivity contribution is -0.124. The van der Waals surface area contributed by atoms with Crippen molar-refractivity contribution >= 4 is 5.91 Å². The van der Waals surface area contributed by atoms with Crippen LogP contribution in [0.1, 0.15) is 51.2 Å². The molecule has 1 aliphatic rings. The van der Waals surface area contributed by atoms with E-state index in [1.54, 1.807) is 6.92 Å². The second kappa shape index (κ2) is 9.19. The number of benzene rings is 1. The molecular formula is C22H33N3O. The first kappa shape index (κ1) is 20.5. The van der Waals surface area contributed by atoms with E-state index < -0.39 is 5.54 Å². The molecule has 2 rings (SSSR count). The molecule has 0 spiro atoms. The van der Waals surface area contributed by atoms with E-state index in [9.17, 15) is 10.1 Å². The zero-order chi connectivity index (χ0) is 19.2. The number of amides is 1. The van der Waals surface area contributed by atoms with E-state index in [4.69, 9.17) is 0 Å². The fourth-order valence-electron chi connectivity index (χ4n) is 3.39. The summed E-state index contributed by atoms with van der Waals surface area (Å²) in [7, 11) is 0. The number of carbonyl (C=O) groups is 1. The number of hydrogen-bond donors (Lipinski definition) is 1. The Labute approximate surface area is 158 Å². The second-order valence-corrected chi connectivity index (χ2v) is 8.26. The van der Waals surface area contributed by atoms with Crippen LogP contribution in [0.4, 0.5) is 0 Å². The Balaban J connectivity index is 1.72. The third-order valence-electron chi connectivity index (χ3n) is 5.82. The molecule has 0 saturated carbocycles. The molecule has 1 saturated heterocycles. The molecule has 1 aromatic carbocycles. The van der Waals surface area contributed by atoms with Crippen LogP contribution >= 0.6 is 0 Å². The predicted octanol–water partition coefficient (Wildman–Crippen LogP) is 3.69. The van der Waals surface area contributed by atoms with Crippen molar-refractivity contribution in [3.8, 4) is 6.07 Å². The molecule has 4 heteroatoms.